The number of carboxylic acid groups (broad SMARTS) is 1. The number of ketones is 1. The quantitative estimate of drug-likeness (QED) is 0.764. The first-order valence-corrected chi connectivity index (χ1v) is 6.42. The highest BCUT2D eigenvalue weighted by Gasteiger charge is 2.44. The Kier molecular flexibility index (Phi) is 2.96. The van der Waals surface area contributed by atoms with Gasteiger partial charge in [0, 0.05) is 12.0 Å². The molecule has 2 rings (SSSR count). The molecule has 0 amide bonds. The van der Waals surface area contributed by atoms with E-state index >= 15 is 0 Å². The van der Waals surface area contributed by atoms with Gasteiger partial charge < -0.3 is 5.11 Å². The standard InChI is InChI=1S/C15H20O3/c1-8-5-12(16)13(9(2)14(17)18)11-7-15(3,4)6-10(8)11/h8,10H,2,5-7H2,1,3-4H3,(H,17,18)/t8-,10-/m1/s1. The molecule has 3 nitrogen and oxygen atoms in total. The topological polar surface area (TPSA) is 54.4 Å². The molecule has 1 fully saturated rings. The van der Waals surface area contributed by atoms with Gasteiger partial charge >= 0.3 is 5.97 Å². The number of carbonyl (C=O) groups excluding carboxylic acids is 1. The van der Waals surface area contributed by atoms with Crippen molar-refractivity contribution >= 4 is 11.8 Å². The van der Waals surface area contributed by atoms with Crippen molar-refractivity contribution < 1.29 is 14.7 Å². The van der Waals surface area contributed by atoms with Crippen LogP contribution < -0.4 is 0 Å². The maximum atomic E-state index is 12.1. The molecule has 0 unspecified atom stereocenters. The van der Waals surface area contributed by atoms with Crippen molar-refractivity contribution in [3.8, 4) is 0 Å². The summed E-state index contributed by atoms with van der Waals surface area (Å²) in [5.41, 5.74) is 1.58. The number of aliphatic carboxylic acids is 1. The maximum Gasteiger partial charge on any atom is 0.335 e. The second-order valence-corrected chi connectivity index (χ2v) is 6.44. The summed E-state index contributed by atoms with van der Waals surface area (Å²) in [5.74, 6) is -0.453. The molecule has 2 aliphatic carbocycles. The average molecular weight is 248 g/mol. The van der Waals surface area contributed by atoms with E-state index in [0.29, 0.717) is 23.8 Å². The predicted octanol–water partition coefficient (Wildman–Crippen LogP) is 2.97. The molecule has 1 N–H and O–H groups in total. The Labute approximate surface area is 108 Å². The summed E-state index contributed by atoms with van der Waals surface area (Å²) >= 11 is 0. The van der Waals surface area contributed by atoms with Crippen LogP contribution in [0.1, 0.15) is 40.0 Å². The average Bonchev–Trinajstić information content (AvgIpc) is 2.53. The molecule has 2 aliphatic rings. The number of rotatable bonds is 2. The highest BCUT2D eigenvalue weighted by atomic mass is 16.4. The molecule has 18 heavy (non-hydrogen) atoms. The van der Waals surface area contributed by atoms with Gasteiger partial charge in [0.1, 0.15) is 0 Å². The predicted molar refractivity (Wildman–Crippen MR) is 69.1 cm³/mol. The Balaban J connectivity index is 2.52. The van der Waals surface area contributed by atoms with Crippen molar-refractivity contribution in [1.82, 2.24) is 0 Å². The fourth-order valence-electron chi connectivity index (χ4n) is 3.44. The minimum atomic E-state index is -1.08. The first-order valence-electron chi connectivity index (χ1n) is 6.42. The second-order valence-electron chi connectivity index (χ2n) is 6.44. The Bertz CT molecular complexity index is 468. The summed E-state index contributed by atoms with van der Waals surface area (Å²) < 4.78 is 0. The van der Waals surface area contributed by atoms with Crippen LogP contribution >= 0.6 is 0 Å². The molecule has 3 heteroatoms. The summed E-state index contributed by atoms with van der Waals surface area (Å²) in [6.07, 6.45) is 2.30. The van der Waals surface area contributed by atoms with E-state index in [1.165, 1.54) is 0 Å². The first kappa shape index (κ1) is 13.1. The SMILES string of the molecule is C=C(C(=O)O)C1=C2CC(C)(C)C[C@@H]2[C@H](C)CC1=O. The summed E-state index contributed by atoms with van der Waals surface area (Å²) in [6, 6.07) is 0. The van der Waals surface area contributed by atoms with E-state index in [-0.39, 0.29) is 16.8 Å². The monoisotopic (exact) mass is 248 g/mol. The molecule has 1 saturated carbocycles. The van der Waals surface area contributed by atoms with Gasteiger partial charge in [-0.2, -0.15) is 0 Å². The molecule has 0 aromatic rings. The van der Waals surface area contributed by atoms with E-state index in [1.807, 2.05) is 0 Å². The summed E-state index contributed by atoms with van der Waals surface area (Å²) in [5, 5.41) is 9.08. The van der Waals surface area contributed by atoms with Crippen LogP contribution in [0.3, 0.4) is 0 Å². The van der Waals surface area contributed by atoms with Crippen molar-refractivity contribution in [2.75, 3.05) is 0 Å². The lowest BCUT2D eigenvalue weighted by Crippen LogP contribution is -2.26. The molecule has 0 heterocycles. The van der Waals surface area contributed by atoms with E-state index in [9.17, 15) is 9.59 Å². The van der Waals surface area contributed by atoms with Gasteiger partial charge in [-0.25, -0.2) is 4.79 Å². The number of hydrogen-bond acceptors (Lipinski definition) is 2. The normalized spacial score (nSPS) is 30.3. The van der Waals surface area contributed by atoms with Gasteiger partial charge in [0.2, 0.25) is 0 Å². The number of hydrogen-bond donors (Lipinski definition) is 1. The highest BCUT2D eigenvalue weighted by Crippen LogP contribution is 2.52. The van der Waals surface area contributed by atoms with Gasteiger partial charge in [0.05, 0.1) is 5.57 Å². The van der Waals surface area contributed by atoms with E-state index in [0.717, 1.165) is 18.4 Å². The summed E-state index contributed by atoms with van der Waals surface area (Å²) in [4.78, 5) is 23.2. The largest absolute Gasteiger partial charge is 0.478 e. The smallest absolute Gasteiger partial charge is 0.335 e. The molecule has 2 atom stereocenters. The maximum absolute atomic E-state index is 12.1. The van der Waals surface area contributed by atoms with E-state index < -0.39 is 5.97 Å². The molecule has 0 bridgehead atoms. The van der Waals surface area contributed by atoms with E-state index in [4.69, 9.17) is 5.11 Å². The van der Waals surface area contributed by atoms with Crippen molar-refractivity contribution in [2.24, 2.45) is 17.3 Å². The molecular weight excluding hydrogens is 228 g/mol. The van der Waals surface area contributed by atoms with Crippen molar-refractivity contribution in [3.05, 3.63) is 23.3 Å². The second kappa shape index (κ2) is 4.08. The Morgan fingerprint density at radius 1 is 1.44 bits per heavy atom. The zero-order valence-electron chi connectivity index (χ0n) is 11.2. The molecular formula is C15H20O3. The molecule has 0 radical (unpaired) electrons. The number of carbonyl (C=O) groups is 2. The fourth-order valence-corrected chi connectivity index (χ4v) is 3.44. The van der Waals surface area contributed by atoms with Gasteiger partial charge in [-0.1, -0.05) is 32.9 Å². The van der Waals surface area contributed by atoms with Gasteiger partial charge in [-0.3, -0.25) is 4.79 Å². The van der Waals surface area contributed by atoms with Gasteiger partial charge in [0.15, 0.2) is 5.78 Å². The fraction of sp³-hybridized carbons (Fsp3) is 0.600. The van der Waals surface area contributed by atoms with Crippen molar-refractivity contribution in [3.63, 3.8) is 0 Å². The molecule has 0 spiro atoms. The Hall–Kier alpha value is -1.38. The van der Waals surface area contributed by atoms with Gasteiger partial charge in [-0.15, -0.1) is 0 Å². The zero-order valence-corrected chi connectivity index (χ0v) is 11.2. The van der Waals surface area contributed by atoms with E-state index in [1.54, 1.807) is 0 Å². The zero-order chi connectivity index (χ0) is 13.7. The Morgan fingerprint density at radius 2 is 2.06 bits per heavy atom. The molecule has 0 aromatic heterocycles. The van der Waals surface area contributed by atoms with Crippen LogP contribution in [0.4, 0.5) is 0 Å². The van der Waals surface area contributed by atoms with Crippen LogP contribution in [0.15, 0.2) is 23.3 Å². The minimum absolute atomic E-state index is 0.0235. The number of carboxylic acids is 1. The lowest BCUT2D eigenvalue weighted by molar-refractivity contribution is -0.133. The summed E-state index contributed by atoms with van der Waals surface area (Å²) in [6.45, 7) is 10.0. The molecule has 0 aromatic carbocycles. The highest BCUT2D eigenvalue weighted by molar-refractivity contribution is 6.10. The van der Waals surface area contributed by atoms with Crippen LogP contribution in [0, 0.1) is 17.3 Å². The first-order chi connectivity index (χ1) is 8.23. The Morgan fingerprint density at radius 3 is 2.61 bits per heavy atom. The number of allylic oxidation sites excluding steroid dienone is 1. The van der Waals surface area contributed by atoms with Crippen LogP contribution in [0.5, 0.6) is 0 Å². The third kappa shape index (κ3) is 2.02. The van der Waals surface area contributed by atoms with Crippen molar-refractivity contribution in [1.29, 1.82) is 0 Å². The molecule has 98 valence electrons. The lowest BCUT2D eigenvalue weighted by Gasteiger charge is -2.28. The number of Topliss-reactive ketones (excluding diaryl/α,β-unsaturated/α-hetero) is 1. The lowest BCUT2D eigenvalue weighted by atomic mass is 9.75. The number of fused-ring (bicyclic) bond motifs is 1. The molecule has 0 aliphatic heterocycles. The third-order valence-corrected chi connectivity index (χ3v) is 4.24. The molecule has 0 saturated heterocycles. The van der Waals surface area contributed by atoms with E-state index in [2.05, 4.69) is 27.4 Å². The van der Waals surface area contributed by atoms with Gasteiger partial charge in [0.25, 0.3) is 0 Å². The van der Waals surface area contributed by atoms with Crippen LogP contribution in [0.25, 0.3) is 0 Å². The van der Waals surface area contributed by atoms with Crippen LogP contribution in [-0.4, -0.2) is 16.9 Å². The third-order valence-electron chi connectivity index (χ3n) is 4.24. The van der Waals surface area contributed by atoms with Gasteiger partial charge in [-0.05, 0) is 30.1 Å². The minimum Gasteiger partial charge on any atom is -0.478 e. The van der Waals surface area contributed by atoms with Crippen LogP contribution in [-0.2, 0) is 9.59 Å². The summed E-state index contributed by atoms with van der Waals surface area (Å²) in [7, 11) is 0. The van der Waals surface area contributed by atoms with Crippen molar-refractivity contribution in [2.45, 2.75) is 40.0 Å². The van der Waals surface area contributed by atoms with Crippen LogP contribution in [0.2, 0.25) is 0 Å².